The summed E-state index contributed by atoms with van der Waals surface area (Å²) < 4.78 is 0.827. The number of hydrogen-bond acceptors (Lipinski definition) is 5. The number of nitrogens with two attached hydrogens (primary N) is 1. The van der Waals surface area contributed by atoms with Gasteiger partial charge >= 0.3 is 0 Å². The average Bonchev–Trinajstić information content (AvgIpc) is 2.68. The molecular formula is C20H22N4O5. The molecule has 9 heteroatoms. The number of carbonyl (C=O) groups excluding carboxylic acids is 2. The molecule has 2 amide bonds. The van der Waals surface area contributed by atoms with Gasteiger partial charge in [0.05, 0.1) is 17.2 Å². The summed E-state index contributed by atoms with van der Waals surface area (Å²) in [6.07, 6.45) is 5.34. The molecule has 0 saturated carbocycles. The first kappa shape index (κ1) is 20.2. The van der Waals surface area contributed by atoms with Crippen LogP contribution < -0.4 is 16.6 Å². The van der Waals surface area contributed by atoms with Gasteiger partial charge < -0.3 is 11.1 Å². The zero-order valence-electron chi connectivity index (χ0n) is 16.0. The van der Waals surface area contributed by atoms with E-state index >= 15 is 0 Å². The highest BCUT2D eigenvalue weighted by Crippen LogP contribution is 2.24. The molecule has 0 radical (unpaired) electrons. The zero-order valence-corrected chi connectivity index (χ0v) is 16.0. The normalized spacial score (nSPS) is 14.0. The van der Waals surface area contributed by atoms with E-state index in [0.29, 0.717) is 0 Å². The summed E-state index contributed by atoms with van der Waals surface area (Å²) in [6.45, 7) is 1.36. The molecule has 0 bridgehead atoms. The van der Waals surface area contributed by atoms with Gasteiger partial charge in [-0.25, -0.2) is 0 Å². The second-order valence-corrected chi connectivity index (χ2v) is 7.19. The third-order valence-electron chi connectivity index (χ3n) is 5.11. The third kappa shape index (κ3) is 4.50. The largest absolute Gasteiger partial charge is 0.365 e. The van der Waals surface area contributed by atoms with Crippen LogP contribution in [-0.4, -0.2) is 21.3 Å². The number of aryl methyl sites for hydroxylation is 2. The van der Waals surface area contributed by atoms with Crippen molar-refractivity contribution in [2.24, 2.45) is 5.73 Å². The van der Waals surface area contributed by atoms with E-state index in [0.717, 1.165) is 41.7 Å². The molecule has 1 aliphatic rings. The maximum absolute atomic E-state index is 12.4. The first-order chi connectivity index (χ1) is 13.8. The summed E-state index contributed by atoms with van der Waals surface area (Å²) >= 11 is 0. The van der Waals surface area contributed by atoms with Crippen LogP contribution in [-0.2, 0) is 24.2 Å². The van der Waals surface area contributed by atoms with E-state index in [9.17, 15) is 24.5 Å². The summed E-state index contributed by atoms with van der Waals surface area (Å²) in [4.78, 5) is 46.4. The quantitative estimate of drug-likeness (QED) is 0.562. The van der Waals surface area contributed by atoms with Crippen molar-refractivity contribution < 1.29 is 14.5 Å². The highest BCUT2D eigenvalue weighted by molar-refractivity contribution is 5.93. The van der Waals surface area contributed by atoms with E-state index < -0.39 is 40.1 Å². The summed E-state index contributed by atoms with van der Waals surface area (Å²) in [5.41, 5.74) is 6.82. The number of benzene rings is 1. The molecule has 29 heavy (non-hydrogen) atoms. The van der Waals surface area contributed by atoms with E-state index in [1.54, 1.807) is 0 Å². The van der Waals surface area contributed by atoms with Crippen LogP contribution >= 0.6 is 0 Å². The first-order valence-electron chi connectivity index (χ1n) is 9.36. The van der Waals surface area contributed by atoms with E-state index in [1.807, 2.05) is 13.0 Å². The summed E-state index contributed by atoms with van der Waals surface area (Å²) in [5.74, 6) is -1.59. The fourth-order valence-corrected chi connectivity index (χ4v) is 3.56. The number of carbonyl (C=O) groups is 2. The van der Waals surface area contributed by atoms with E-state index in [1.165, 1.54) is 17.5 Å². The van der Waals surface area contributed by atoms with Crippen LogP contribution in [0.4, 0.5) is 5.69 Å². The molecule has 0 saturated heterocycles. The molecule has 1 unspecified atom stereocenters. The monoisotopic (exact) mass is 398 g/mol. The molecule has 1 aromatic heterocycles. The van der Waals surface area contributed by atoms with Crippen LogP contribution in [0.1, 0.15) is 52.9 Å². The number of nitrogens with zero attached hydrogens (tertiary/aromatic N) is 2. The molecule has 1 atom stereocenters. The van der Waals surface area contributed by atoms with Gasteiger partial charge in [0.25, 0.3) is 17.2 Å². The number of primary amides is 1. The highest BCUT2D eigenvalue weighted by Gasteiger charge is 2.20. The Morgan fingerprint density at radius 1 is 1.24 bits per heavy atom. The molecule has 0 aliphatic heterocycles. The Kier molecular flexibility index (Phi) is 5.76. The number of amides is 2. The zero-order chi connectivity index (χ0) is 21.1. The number of aromatic nitrogens is 1. The Morgan fingerprint density at radius 3 is 2.59 bits per heavy atom. The van der Waals surface area contributed by atoms with Crippen LogP contribution in [0.2, 0.25) is 0 Å². The Hall–Kier alpha value is -3.49. The molecule has 0 fully saturated rings. The Morgan fingerprint density at radius 2 is 1.93 bits per heavy atom. The van der Waals surface area contributed by atoms with Gasteiger partial charge in [-0.2, -0.15) is 0 Å². The van der Waals surface area contributed by atoms with Gasteiger partial charge in [-0.15, -0.1) is 0 Å². The number of pyridine rings is 1. The standard InChI is InChI=1S/C20H22N4O5/c1-12(14-7-6-13-4-2-3-5-15(13)8-14)22-18(25)11-23-10-16(24(28)29)9-17(19(21)26)20(23)27/h6-10,12H,2-5,11H2,1H3,(H2,21,26)(H,22,25). The number of hydrogen-bond donors (Lipinski definition) is 2. The van der Waals surface area contributed by atoms with Crippen LogP contribution in [0.5, 0.6) is 0 Å². The Balaban J connectivity index is 1.77. The molecule has 9 nitrogen and oxygen atoms in total. The van der Waals surface area contributed by atoms with Crippen LogP contribution in [0.15, 0.2) is 35.3 Å². The second kappa shape index (κ2) is 8.26. The molecule has 2 aromatic rings. The minimum absolute atomic E-state index is 0.306. The van der Waals surface area contributed by atoms with Crippen molar-refractivity contribution in [3.05, 3.63) is 73.2 Å². The van der Waals surface area contributed by atoms with Crippen molar-refractivity contribution in [2.45, 2.75) is 45.2 Å². The molecule has 1 heterocycles. The Labute approximate surface area is 166 Å². The fraction of sp³-hybridized carbons (Fsp3) is 0.350. The maximum Gasteiger partial charge on any atom is 0.286 e. The van der Waals surface area contributed by atoms with Gasteiger partial charge in [0.15, 0.2) is 0 Å². The summed E-state index contributed by atoms with van der Waals surface area (Å²) in [5, 5.41) is 13.8. The number of rotatable bonds is 6. The van der Waals surface area contributed by atoms with E-state index in [2.05, 4.69) is 17.4 Å². The smallest absolute Gasteiger partial charge is 0.286 e. The lowest BCUT2D eigenvalue weighted by atomic mass is 9.89. The van der Waals surface area contributed by atoms with Gasteiger partial charge in [0.1, 0.15) is 12.1 Å². The predicted molar refractivity (Wildman–Crippen MR) is 106 cm³/mol. The van der Waals surface area contributed by atoms with Crippen molar-refractivity contribution in [1.29, 1.82) is 0 Å². The first-order valence-corrected chi connectivity index (χ1v) is 9.36. The SMILES string of the molecule is CC(NC(=O)Cn1cc([N+](=O)[O-])cc(C(N)=O)c1=O)c1ccc2c(c1)CCCC2. The average molecular weight is 398 g/mol. The minimum atomic E-state index is -1.09. The fourth-order valence-electron chi connectivity index (χ4n) is 3.56. The van der Waals surface area contributed by atoms with Gasteiger partial charge in [0, 0.05) is 6.07 Å². The molecule has 3 rings (SSSR count). The van der Waals surface area contributed by atoms with E-state index in [4.69, 9.17) is 5.73 Å². The predicted octanol–water partition coefficient (Wildman–Crippen LogP) is 1.61. The maximum atomic E-state index is 12.4. The molecule has 0 spiro atoms. The second-order valence-electron chi connectivity index (χ2n) is 7.19. The van der Waals surface area contributed by atoms with Gasteiger partial charge in [0.2, 0.25) is 5.91 Å². The van der Waals surface area contributed by atoms with Gasteiger partial charge in [-0.1, -0.05) is 18.2 Å². The van der Waals surface area contributed by atoms with Crippen molar-refractivity contribution in [2.75, 3.05) is 0 Å². The van der Waals surface area contributed by atoms with Crippen molar-refractivity contribution in [3.63, 3.8) is 0 Å². The number of nitrogens with one attached hydrogen (secondary N) is 1. The van der Waals surface area contributed by atoms with Crippen molar-refractivity contribution >= 4 is 17.5 Å². The molecule has 1 aromatic carbocycles. The van der Waals surface area contributed by atoms with Crippen LogP contribution in [0.25, 0.3) is 0 Å². The van der Waals surface area contributed by atoms with Gasteiger partial charge in [-0.05, 0) is 49.3 Å². The molecule has 1 aliphatic carbocycles. The number of nitro groups is 1. The number of fused-ring (bicyclic) bond motifs is 1. The third-order valence-corrected chi connectivity index (χ3v) is 5.11. The topological polar surface area (TPSA) is 137 Å². The lowest BCUT2D eigenvalue weighted by Gasteiger charge is -2.20. The minimum Gasteiger partial charge on any atom is -0.365 e. The highest BCUT2D eigenvalue weighted by atomic mass is 16.6. The van der Waals surface area contributed by atoms with Crippen LogP contribution in [0, 0.1) is 10.1 Å². The van der Waals surface area contributed by atoms with Crippen molar-refractivity contribution in [3.8, 4) is 0 Å². The van der Waals surface area contributed by atoms with Gasteiger partial charge in [-0.3, -0.25) is 29.1 Å². The molecular weight excluding hydrogens is 376 g/mol. The lowest BCUT2D eigenvalue weighted by Crippen LogP contribution is -2.36. The Bertz CT molecular complexity index is 1040. The molecule has 3 N–H and O–H groups in total. The summed E-state index contributed by atoms with van der Waals surface area (Å²) in [7, 11) is 0. The van der Waals surface area contributed by atoms with Crippen LogP contribution in [0.3, 0.4) is 0 Å². The van der Waals surface area contributed by atoms with Crippen molar-refractivity contribution in [1.82, 2.24) is 9.88 Å². The van der Waals surface area contributed by atoms with E-state index in [-0.39, 0.29) is 6.04 Å². The summed E-state index contributed by atoms with van der Waals surface area (Å²) in [6, 6.07) is 6.65. The molecule has 152 valence electrons. The lowest BCUT2D eigenvalue weighted by molar-refractivity contribution is -0.385.